The van der Waals surface area contributed by atoms with Crippen LogP contribution < -0.4 is 5.32 Å². The maximum absolute atomic E-state index is 11.8. The SMILES string of the molecule is COCn1cc(NC(=O)Cn2cc(Br)c(C)n2)cn1. The summed E-state index contributed by atoms with van der Waals surface area (Å²) in [5, 5.41) is 11.0. The van der Waals surface area contributed by atoms with Crippen molar-refractivity contribution in [3.8, 4) is 0 Å². The number of methoxy groups -OCH3 is 1. The molecule has 2 rings (SSSR count). The quantitative estimate of drug-likeness (QED) is 0.900. The van der Waals surface area contributed by atoms with Crippen LogP contribution in [0.1, 0.15) is 5.69 Å². The van der Waals surface area contributed by atoms with Crippen molar-refractivity contribution in [1.29, 1.82) is 0 Å². The summed E-state index contributed by atoms with van der Waals surface area (Å²) in [6.07, 6.45) is 5.04. The van der Waals surface area contributed by atoms with Gasteiger partial charge in [-0.25, -0.2) is 4.68 Å². The molecule has 2 aromatic rings. The van der Waals surface area contributed by atoms with Gasteiger partial charge in [-0.1, -0.05) is 0 Å². The number of nitrogens with one attached hydrogen (secondary N) is 1. The molecule has 0 saturated carbocycles. The minimum atomic E-state index is -0.160. The Labute approximate surface area is 118 Å². The molecule has 1 N–H and O–H groups in total. The maximum Gasteiger partial charge on any atom is 0.246 e. The number of nitrogens with zero attached hydrogens (tertiary/aromatic N) is 4. The zero-order valence-corrected chi connectivity index (χ0v) is 12.2. The van der Waals surface area contributed by atoms with Crippen LogP contribution in [0, 0.1) is 6.92 Å². The van der Waals surface area contributed by atoms with Crippen molar-refractivity contribution in [2.45, 2.75) is 20.2 Å². The molecule has 2 heterocycles. The molecule has 0 aliphatic carbocycles. The van der Waals surface area contributed by atoms with Gasteiger partial charge in [-0.15, -0.1) is 0 Å². The first kappa shape index (κ1) is 13.8. The second-order valence-electron chi connectivity index (χ2n) is 3.99. The number of carbonyl (C=O) groups is 1. The fraction of sp³-hybridized carbons (Fsp3) is 0.364. The Morgan fingerprint density at radius 3 is 2.89 bits per heavy atom. The molecule has 19 heavy (non-hydrogen) atoms. The van der Waals surface area contributed by atoms with E-state index in [0.29, 0.717) is 12.4 Å². The standard InChI is InChI=1S/C11H14BrN5O2/c1-8-10(12)5-16(15-8)6-11(18)14-9-3-13-17(4-9)7-19-2/h3-5H,6-7H2,1-2H3,(H,14,18). The van der Waals surface area contributed by atoms with Gasteiger partial charge in [-0.3, -0.25) is 9.48 Å². The molecular weight excluding hydrogens is 314 g/mol. The highest BCUT2D eigenvalue weighted by atomic mass is 79.9. The number of carbonyl (C=O) groups excluding carboxylic acids is 1. The minimum Gasteiger partial charge on any atom is -0.362 e. The number of halogens is 1. The van der Waals surface area contributed by atoms with Gasteiger partial charge in [0.15, 0.2) is 0 Å². The number of ether oxygens (including phenoxy) is 1. The number of hydrogen-bond acceptors (Lipinski definition) is 4. The second kappa shape index (κ2) is 5.98. The van der Waals surface area contributed by atoms with Gasteiger partial charge in [0, 0.05) is 13.3 Å². The average Bonchev–Trinajstić information content (AvgIpc) is 2.88. The Bertz CT molecular complexity index is 558. The first-order valence-corrected chi connectivity index (χ1v) is 6.38. The van der Waals surface area contributed by atoms with E-state index in [9.17, 15) is 4.79 Å². The van der Waals surface area contributed by atoms with E-state index in [1.165, 1.54) is 0 Å². The Morgan fingerprint density at radius 2 is 2.26 bits per heavy atom. The number of amides is 1. The predicted octanol–water partition coefficient (Wildman–Crippen LogP) is 1.39. The van der Waals surface area contributed by atoms with E-state index in [4.69, 9.17) is 4.74 Å². The normalized spacial score (nSPS) is 10.7. The van der Waals surface area contributed by atoms with Gasteiger partial charge in [-0.05, 0) is 22.9 Å². The summed E-state index contributed by atoms with van der Waals surface area (Å²) in [6.45, 7) is 2.37. The van der Waals surface area contributed by atoms with Crippen LogP contribution in [0.2, 0.25) is 0 Å². The first-order valence-electron chi connectivity index (χ1n) is 5.59. The molecule has 0 unspecified atom stereocenters. The van der Waals surface area contributed by atoms with Crippen LogP contribution >= 0.6 is 15.9 Å². The topological polar surface area (TPSA) is 74.0 Å². The molecule has 1 amide bonds. The van der Waals surface area contributed by atoms with Crippen molar-refractivity contribution >= 4 is 27.5 Å². The molecule has 0 aliphatic heterocycles. The lowest BCUT2D eigenvalue weighted by atomic mass is 10.5. The Morgan fingerprint density at radius 1 is 1.47 bits per heavy atom. The molecule has 0 fully saturated rings. The van der Waals surface area contributed by atoms with Gasteiger partial charge in [0.2, 0.25) is 5.91 Å². The largest absolute Gasteiger partial charge is 0.362 e. The van der Waals surface area contributed by atoms with Crippen LogP contribution in [0.25, 0.3) is 0 Å². The Kier molecular flexibility index (Phi) is 4.33. The third-order valence-corrected chi connectivity index (χ3v) is 3.15. The van der Waals surface area contributed by atoms with Crippen molar-refractivity contribution < 1.29 is 9.53 Å². The summed E-state index contributed by atoms with van der Waals surface area (Å²) in [6, 6.07) is 0. The zero-order valence-electron chi connectivity index (χ0n) is 10.6. The van der Waals surface area contributed by atoms with Gasteiger partial charge in [0.05, 0.1) is 28.2 Å². The van der Waals surface area contributed by atoms with Crippen molar-refractivity contribution in [2.24, 2.45) is 0 Å². The lowest BCUT2D eigenvalue weighted by Crippen LogP contribution is -2.18. The minimum absolute atomic E-state index is 0.155. The number of aromatic nitrogens is 4. The molecule has 7 nitrogen and oxygen atoms in total. The molecule has 0 aliphatic rings. The lowest BCUT2D eigenvalue weighted by molar-refractivity contribution is -0.116. The maximum atomic E-state index is 11.8. The molecule has 0 bridgehead atoms. The van der Waals surface area contributed by atoms with Gasteiger partial charge in [0.1, 0.15) is 13.3 Å². The highest BCUT2D eigenvalue weighted by molar-refractivity contribution is 9.10. The Balaban J connectivity index is 1.93. The molecule has 102 valence electrons. The molecule has 2 aromatic heterocycles. The fourth-order valence-corrected chi connectivity index (χ4v) is 1.87. The van der Waals surface area contributed by atoms with Gasteiger partial charge < -0.3 is 10.1 Å². The highest BCUT2D eigenvalue weighted by Gasteiger charge is 2.08. The van der Waals surface area contributed by atoms with Crippen LogP contribution in [0.5, 0.6) is 0 Å². The third kappa shape index (κ3) is 3.65. The van der Waals surface area contributed by atoms with Gasteiger partial charge >= 0.3 is 0 Å². The molecule has 0 radical (unpaired) electrons. The number of aryl methyl sites for hydroxylation is 1. The lowest BCUT2D eigenvalue weighted by Gasteiger charge is -2.02. The van der Waals surface area contributed by atoms with E-state index >= 15 is 0 Å². The zero-order chi connectivity index (χ0) is 13.8. The summed E-state index contributed by atoms with van der Waals surface area (Å²) in [4.78, 5) is 11.8. The number of rotatable bonds is 5. The monoisotopic (exact) mass is 327 g/mol. The van der Waals surface area contributed by atoms with Crippen LogP contribution in [-0.2, 0) is 22.8 Å². The van der Waals surface area contributed by atoms with Gasteiger partial charge in [0.25, 0.3) is 0 Å². The summed E-state index contributed by atoms with van der Waals surface area (Å²) in [7, 11) is 1.58. The van der Waals surface area contributed by atoms with E-state index in [1.807, 2.05) is 6.92 Å². The molecule has 0 spiro atoms. The number of anilines is 1. The Hall–Kier alpha value is -1.67. The van der Waals surface area contributed by atoms with Crippen molar-refractivity contribution in [2.75, 3.05) is 12.4 Å². The molecule has 0 atom stereocenters. The average molecular weight is 328 g/mol. The van der Waals surface area contributed by atoms with Crippen LogP contribution in [0.15, 0.2) is 23.1 Å². The fourth-order valence-electron chi connectivity index (χ4n) is 1.55. The third-order valence-electron chi connectivity index (χ3n) is 2.37. The van der Waals surface area contributed by atoms with Gasteiger partial charge in [-0.2, -0.15) is 10.2 Å². The highest BCUT2D eigenvalue weighted by Crippen LogP contribution is 2.13. The van der Waals surface area contributed by atoms with Crippen LogP contribution in [0.3, 0.4) is 0 Å². The van der Waals surface area contributed by atoms with E-state index < -0.39 is 0 Å². The van der Waals surface area contributed by atoms with E-state index in [-0.39, 0.29) is 12.5 Å². The molecule has 8 heteroatoms. The number of hydrogen-bond donors (Lipinski definition) is 1. The predicted molar refractivity (Wildman–Crippen MR) is 72.5 cm³/mol. The summed E-state index contributed by atoms with van der Waals surface area (Å²) in [5.74, 6) is -0.160. The van der Waals surface area contributed by atoms with Crippen molar-refractivity contribution in [3.63, 3.8) is 0 Å². The van der Waals surface area contributed by atoms with Crippen molar-refractivity contribution in [1.82, 2.24) is 19.6 Å². The first-order chi connectivity index (χ1) is 9.08. The second-order valence-corrected chi connectivity index (χ2v) is 4.85. The summed E-state index contributed by atoms with van der Waals surface area (Å²) >= 11 is 3.35. The summed E-state index contributed by atoms with van der Waals surface area (Å²) < 4.78 is 8.97. The van der Waals surface area contributed by atoms with Crippen molar-refractivity contribution in [3.05, 3.63) is 28.8 Å². The van der Waals surface area contributed by atoms with E-state index in [0.717, 1.165) is 10.2 Å². The van der Waals surface area contributed by atoms with Crippen LogP contribution in [0.4, 0.5) is 5.69 Å². The molecular formula is C11H14BrN5O2. The molecule has 0 aromatic carbocycles. The van der Waals surface area contributed by atoms with E-state index in [2.05, 4.69) is 31.4 Å². The summed E-state index contributed by atoms with van der Waals surface area (Å²) in [5.41, 5.74) is 1.48. The van der Waals surface area contributed by atoms with E-state index in [1.54, 1.807) is 35.1 Å². The smallest absolute Gasteiger partial charge is 0.246 e. The van der Waals surface area contributed by atoms with Crippen LogP contribution in [-0.4, -0.2) is 32.6 Å². The molecule has 0 saturated heterocycles.